The van der Waals surface area contributed by atoms with Crippen molar-refractivity contribution in [2.45, 2.75) is 28.7 Å². The summed E-state index contributed by atoms with van der Waals surface area (Å²) in [5, 5.41) is 4.72. The van der Waals surface area contributed by atoms with E-state index in [9.17, 15) is 8.42 Å². The van der Waals surface area contributed by atoms with Crippen molar-refractivity contribution in [3.8, 4) is 11.5 Å². The van der Waals surface area contributed by atoms with Gasteiger partial charge in [0.2, 0.25) is 5.13 Å². The predicted octanol–water partition coefficient (Wildman–Crippen LogP) is 5.00. The first-order valence-corrected chi connectivity index (χ1v) is 15.0. The quantitative estimate of drug-likeness (QED) is 0.297. The van der Waals surface area contributed by atoms with Crippen LogP contribution in [0.5, 0.6) is 11.5 Å². The van der Waals surface area contributed by atoms with Gasteiger partial charge in [-0.05, 0) is 37.1 Å². The first-order chi connectivity index (χ1) is 18.4. The molecule has 3 aromatic heterocycles. The Kier molecular flexibility index (Phi) is 8.19. The molecule has 1 aliphatic rings. The molecule has 1 aromatic carbocycles. The van der Waals surface area contributed by atoms with Gasteiger partial charge in [0.05, 0.1) is 0 Å². The van der Waals surface area contributed by atoms with Gasteiger partial charge in [0, 0.05) is 68.0 Å². The van der Waals surface area contributed by atoms with Gasteiger partial charge in [-0.2, -0.15) is 21.4 Å². The van der Waals surface area contributed by atoms with E-state index in [4.69, 9.17) is 9.72 Å². The molecule has 4 aromatic rings. The first kappa shape index (κ1) is 26.5. The molecule has 0 aliphatic carbocycles. The minimum atomic E-state index is -3.41. The molecular weight excluding hydrogens is 543 g/mol. The largest absolute Gasteiger partial charge is 0.453 e. The summed E-state index contributed by atoms with van der Waals surface area (Å²) in [5.74, 6) is 2.58. The molecule has 13 heteroatoms. The number of nitrogens with one attached hydrogen (secondary N) is 1. The van der Waals surface area contributed by atoms with Crippen LogP contribution in [-0.4, -0.2) is 63.5 Å². The summed E-state index contributed by atoms with van der Waals surface area (Å²) in [6.45, 7) is 0.887. The molecule has 0 bridgehead atoms. The second-order valence-corrected chi connectivity index (χ2v) is 12.7. The van der Waals surface area contributed by atoms with Gasteiger partial charge in [0.1, 0.15) is 16.6 Å². The van der Waals surface area contributed by atoms with Crippen LogP contribution in [0.15, 0.2) is 76.9 Å². The monoisotopic (exact) mass is 569 g/mol. The average molecular weight is 570 g/mol. The normalized spacial score (nSPS) is 15.0. The number of para-hydroxylation sites is 1. The maximum atomic E-state index is 12.4. The van der Waals surface area contributed by atoms with Crippen LogP contribution in [-0.2, 0) is 10.2 Å². The Hall–Kier alpha value is -3.10. The van der Waals surface area contributed by atoms with Crippen LogP contribution >= 0.6 is 23.3 Å². The van der Waals surface area contributed by atoms with Crippen molar-refractivity contribution < 1.29 is 13.2 Å². The van der Waals surface area contributed by atoms with Crippen molar-refractivity contribution in [3.05, 3.63) is 72.8 Å². The average Bonchev–Trinajstić information content (AvgIpc) is 3.40. The standard InChI is InChI=1S/C25H27N7O3S3/c1-31(2)38(33,34)32-14-11-18(12-15-32)23-28-25(37-30-23)29-24-21(35-19-8-4-3-5-9-19)16-20(17-27-24)36-22-10-6-7-13-26-22/h3-10,13,16-18H,11-12,14-15H2,1-2H3,(H,27,28,29,30). The molecule has 10 nitrogen and oxygen atoms in total. The molecule has 0 amide bonds. The lowest BCUT2D eigenvalue weighted by molar-refractivity contribution is 0.298. The molecule has 0 atom stereocenters. The number of hydrogen-bond donors (Lipinski definition) is 1. The number of aromatic nitrogens is 4. The van der Waals surface area contributed by atoms with E-state index in [1.807, 2.05) is 54.6 Å². The highest BCUT2D eigenvalue weighted by molar-refractivity contribution is 7.99. The van der Waals surface area contributed by atoms with Crippen LogP contribution < -0.4 is 10.1 Å². The third kappa shape index (κ3) is 6.30. The number of pyridine rings is 2. The molecule has 1 N–H and O–H groups in total. The zero-order chi connectivity index (χ0) is 26.5. The molecule has 0 saturated carbocycles. The molecule has 4 heterocycles. The maximum absolute atomic E-state index is 12.4. The summed E-state index contributed by atoms with van der Waals surface area (Å²) in [5.41, 5.74) is 0. The van der Waals surface area contributed by atoms with E-state index in [1.165, 1.54) is 31.9 Å². The third-order valence-corrected chi connectivity index (χ3v) is 9.43. The van der Waals surface area contributed by atoms with E-state index in [0.717, 1.165) is 9.92 Å². The predicted molar refractivity (Wildman–Crippen MR) is 148 cm³/mol. The minimum Gasteiger partial charge on any atom is -0.453 e. The molecular formula is C25H27N7O3S3. The van der Waals surface area contributed by atoms with Crippen molar-refractivity contribution in [3.63, 3.8) is 0 Å². The van der Waals surface area contributed by atoms with Gasteiger partial charge in [-0.15, -0.1) is 0 Å². The van der Waals surface area contributed by atoms with E-state index < -0.39 is 10.2 Å². The van der Waals surface area contributed by atoms with Crippen LogP contribution in [0.1, 0.15) is 24.6 Å². The van der Waals surface area contributed by atoms with Crippen LogP contribution in [0.25, 0.3) is 0 Å². The Balaban J connectivity index is 1.31. The van der Waals surface area contributed by atoms with Crippen molar-refractivity contribution in [1.29, 1.82) is 0 Å². The molecule has 5 rings (SSSR count). The zero-order valence-corrected chi connectivity index (χ0v) is 23.3. The summed E-state index contributed by atoms with van der Waals surface area (Å²) in [4.78, 5) is 14.6. The van der Waals surface area contributed by atoms with Crippen molar-refractivity contribution in [1.82, 2.24) is 27.9 Å². The van der Waals surface area contributed by atoms with Gasteiger partial charge in [-0.25, -0.2) is 15.0 Å². The van der Waals surface area contributed by atoms with Crippen molar-refractivity contribution >= 4 is 44.5 Å². The summed E-state index contributed by atoms with van der Waals surface area (Å²) in [7, 11) is -0.306. The Morgan fingerprint density at radius 3 is 2.55 bits per heavy atom. The van der Waals surface area contributed by atoms with Crippen LogP contribution in [0.4, 0.5) is 10.9 Å². The van der Waals surface area contributed by atoms with E-state index >= 15 is 0 Å². The molecule has 0 radical (unpaired) electrons. The van der Waals surface area contributed by atoms with Gasteiger partial charge in [-0.3, -0.25) is 0 Å². The summed E-state index contributed by atoms with van der Waals surface area (Å²) in [6, 6.07) is 17.2. The molecule has 1 saturated heterocycles. The zero-order valence-electron chi connectivity index (χ0n) is 20.9. The lowest BCUT2D eigenvalue weighted by Crippen LogP contribution is -2.44. The second-order valence-electron chi connectivity index (χ2n) is 8.75. The van der Waals surface area contributed by atoms with E-state index in [0.29, 0.717) is 54.2 Å². The fourth-order valence-electron chi connectivity index (χ4n) is 3.93. The topological polar surface area (TPSA) is 113 Å². The fraction of sp³-hybridized carbons (Fsp3) is 0.280. The van der Waals surface area contributed by atoms with E-state index in [-0.39, 0.29) is 5.92 Å². The summed E-state index contributed by atoms with van der Waals surface area (Å²) >= 11 is 2.75. The second kappa shape index (κ2) is 11.7. The third-order valence-electron chi connectivity index (χ3n) is 5.93. The van der Waals surface area contributed by atoms with Crippen LogP contribution in [0, 0.1) is 0 Å². The van der Waals surface area contributed by atoms with Crippen molar-refractivity contribution in [2.24, 2.45) is 0 Å². The maximum Gasteiger partial charge on any atom is 0.281 e. The molecule has 38 heavy (non-hydrogen) atoms. The Morgan fingerprint density at radius 1 is 1.08 bits per heavy atom. The number of piperidine rings is 1. The number of nitrogens with zero attached hydrogens (tertiary/aromatic N) is 6. The SMILES string of the molecule is CN(C)S(=O)(=O)N1CCC(c2nsc(Nc3ncc(Sc4ccccn4)cc3Oc3ccccc3)n2)CC1. The molecule has 0 spiro atoms. The fourth-order valence-corrected chi connectivity index (χ4v) is 6.48. The van der Waals surface area contributed by atoms with Crippen molar-refractivity contribution in [2.75, 3.05) is 32.5 Å². The first-order valence-electron chi connectivity index (χ1n) is 12.0. The summed E-state index contributed by atoms with van der Waals surface area (Å²) in [6.07, 6.45) is 4.86. The van der Waals surface area contributed by atoms with E-state index in [2.05, 4.69) is 19.7 Å². The van der Waals surface area contributed by atoms with Crippen LogP contribution in [0.3, 0.4) is 0 Å². The highest BCUT2D eigenvalue weighted by atomic mass is 32.2. The van der Waals surface area contributed by atoms with Gasteiger partial charge < -0.3 is 10.1 Å². The molecule has 1 fully saturated rings. The summed E-state index contributed by atoms with van der Waals surface area (Å²) < 4.78 is 38.3. The van der Waals surface area contributed by atoms with Gasteiger partial charge in [0.25, 0.3) is 10.2 Å². The Morgan fingerprint density at radius 2 is 1.84 bits per heavy atom. The number of anilines is 2. The molecule has 0 unspecified atom stereocenters. The molecule has 198 valence electrons. The Bertz CT molecular complexity index is 1460. The number of ether oxygens (including phenoxy) is 1. The highest BCUT2D eigenvalue weighted by Crippen LogP contribution is 2.36. The lowest BCUT2D eigenvalue weighted by Gasteiger charge is -2.31. The van der Waals surface area contributed by atoms with Gasteiger partial charge in [-0.1, -0.05) is 36.0 Å². The van der Waals surface area contributed by atoms with E-state index in [1.54, 1.807) is 26.5 Å². The smallest absolute Gasteiger partial charge is 0.281 e. The minimum absolute atomic E-state index is 0.0977. The van der Waals surface area contributed by atoms with Gasteiger partial charge in [0.15, 0.2) is 11.6 Å². The lowest BCUT2D eigenvalue weighted by atomic mass is 9.98. The Labute approximate surface area is 230 Å². The molecule has 1 aliphatic heterocycles. The number of rotatable bonds is 9. The van der Waals surface area contributed by atoms with Gasteiger partial charge >= 0.3 is 0 Å². The number of hydrogen-bond acceptors (Lipinski definition) is 10. The van der Waals surface area contributed by atoms with Crippen LogP contribution in [0.2, 0.25) is 0 Å². The highest BCUT2D eigenvalue weighted by Gasteiger charge is 2.31. The number of benzene rings is 1.